The average molecular weight is 409 g/mol. The molecule has 1 amide bonds. The Labute approximate surface area is 176 Å². The van der Waals surface area contributed by atoms with E-state index in [1.165, 1.54) is 16.9 Å². The first kappa shape index (κ1) is 20.0. The van der Waals surface area contributed by atoms with Gasteiger partial charge in [-0.3, -0.25) is 9.69 Å². The summed E-state index contributed by atoms with van der Waals surface area (Å²) in [6, 6.07) is 10.6. The largest absolute Gasteiger partial charge is 0.335 e. The van der Waals surface area contributed by atoms with Crippen LogP contribution in [-0.2, 0) is 12.8 Å². The predicted octanol–water partition coefficient (Wildman–Crippen LogP) is 3.87. The molecule has 0 aliphatic carbocycles. The molecule has 3 aromatic rings. The molecule has 1 fully saturated rings. The maximum atomic E-state index is 13.2. The zero-order valence-corrected chi connectivity index (χ0v) is 18.3. The van der Waals surface area contributed by atoms with E-state index in [1.807, 2.05) is 18.7 Å². The highest BCUT2D eigenvalue weighted by molar-refractivity contribution is 7.20. The molecule has 1 aliphatic rings. The first-order chi connectivity index (χ1) is 14.1. The lowest BCUT2D eigenvalue weighted by molar-refractivity contribution is 0.0643. The van der Waals surface area contributed by atoms with E-state index in [9.17, 15) is 4.79 Å². The summed E-state index contributed by atoms with van der Waals surface area (Å²) in [5.74, 6) is 0.993. The molecule has 0 saturated carbocycles. The number of thiophene rings is 1. The van der Waals surface area contributed by atoms with Crippen molar-refractivity contribution in [1.29, 1.82) is 0 Å². The van der Waals surface area contributed by atoms with Crippen LogP contribution in [0.1, 0.15) is 39.2 Å². The summed E-state index contributed by atoms with van der Waals surface area (Å²) in [6.45, 7) is 10.6. The smallest absolute Gasteiger partial charge is 0.264 e. The molecule has 5 nitrogen and oxygen atoms in total. The zero-order chi connectivity index (χ0) is 20.4. The Kier molecular flexibility index (Phi) is 5.92. The zero-order valence-electron chi connectivity index (χ0n) is 17.4. The maximum absolute atomic E-state index is 13.2. The van der Waals surface area contributed by atoms with Crippen molar-refractivity contribution in [3.8, 4) is 0 Å². The van der Waals surface area contributed by atoms with Crippen LogP contribution in [0.25, 0.3) is 10.2 Å². The molecule has 29 heavy (non-hydrogen) atoms. The van der Waals surface area contributed by atoms with Crippen LogP contribution in [0.2, 0.25) is 0 Å². The molecule has 0 atom stereocenters. The van der Waals surface area contributed by atoms with Gasteiger partial charge in [0.25, 0.3) is 5.91 Å². The number of carbonyl (C=O) groups excluding carboxylic acids is 1. The number of carbonyl (C=O) groups is 1. The Balaban J connectivity index is 1.42. The lowest BCUT2D eigenvalue weighted by Gasteiger charge is -2.34. The van der Waals surface area contributed by atoms with Crippen LogP contribution in [0.4, 0.5) is 0 Å². The molecule has 152 valence electrons. The summed E-state index contributed by atoms with van der Waals surface area (Å²) in [7, 11) is 0. The number of piperazine rings is 1. The van der Waals surface area contributed by atoms with E-state index in [0.717, 1.165) is 77.7 Å². The Hall–Kier alpha value is -2.31. The number of hydrogen-bond acceptors (Lipinski definition) is 5. The first-order valence-electron chi connectivity index (χ1n) is 10.4. The summed E-state index contributed by atoms with van der Waals surface area (Å²) >= 11 is 1.52. The van der Waals surface area contributed by atoms with Gasteiger partial charge < -0.3 is 4.90 Å². The van der Waals surface area contributed by atoms with Crippen LogP contribution in [0.15, 0.2) is 30.3 Å². The highest BCUT2D eigenvalue weighted by Gasteiger charge is 2.26. The molecule has 1 aromatic carbocycles. The molecular formula is C23H28N4OS. The van der Waals surface area contributed by atoms with Crippen molar-refractivity contribution in [3.63, 3.8) is 0 Å². The second kappa shape index (κ2) is 8.59. The van der Waals surface area contributed by atoms with Gasteiger partial charge in [0, 0.05) is 50.2 Å². The molecule has 0 radical (unpaired) electrons. The third-order valence-corrected chi connectivity index (χ3v) is 6.92. The van der Waals surface area contributed by atoms with Gasteiger partial charge in [0.05, 0.1) is 4.88 Å². The van der Waals surface area contributed by atoms with Crippen molar-refractivity contribution in [3.05, 3.63) is 57.9 Å². The third kappa shape index (κ3) is 4.19. The summed E-state index contributed by atoms with van der Waals surface area (Å²) < 4.78 is 0. The van der Waals surface area contributed by atoms with E-state index in [-0.39, 0.29) is 5.91 Å². The van der Waals surface area contributed by atoms with E-state index in [0.29, 0.717) is 0 Å². The van der Waals surface area contributed by atoms with Crippen molar-refractivity contribution in [2.45, 2.75) is 33.6 Å². The quantitative estimate of drug-likeness (QED) is 0.643. The summed E-state index contributed by atoms with van der Waals surface area (Å²) in [6.07, 6.45) is 1.86. The van der Waals surface area contributed by atoms with Crippen LogP contribution in [0.3, 0.4) is 0 Å². The number of rotatable bonds is 5. The van der Waals surface area contributed by atoms with Gasteiger partial charge in [-0.1, -0.05) is 37.3 Å². The van der Waals surface area contributed by atoms with E-state index in [1.54, 1.807) is 0 Å². The van der Waals surface area contributed by atoms with Gasteiger partial charge in [0.15, 0.2) is 0 Å². The summed E-state index contributed by atoms with van der Waals surface area (Å²) in [5.41, 5.74) is 3.38. The fourth-order valence-electron chi connectivity index (χ4n) is 4.01. The van der Waals surface area contributed by atoms with Crippen molar-refractivity contribution >= 4 is 27.5 Å². The molecule has 1 aliphatic heterocycles. The number of aromatic nitrogens is 2. The number of benzene rings is 1. The second-order valence-electron chi connectivity index (χ2n) is 7.68. The summed E-state index contributed by atoms with van der Waals surface area (Å²) in [5, 5.41) is 1.05. The second-order valence-corrected chi connectivity index (χ2v) is 8.68. The molecule has 0 spiro atoms. The predicted molar refractivity (Wildman–Crippen MR) is 119 cm³/mol. The molecule has 6 heteroatoms. The lowest BCUT2D eigenvalue weighted by Crippen LogP contribution is -2.49. The highest BCUT2D eigenvalue weighted by Crippen LogP contribution is 2.32. The number of aryl methyl sites for hydroxylation is 3. The molecule has 0 bridgehead atoms. The van der Waals surface area contributed by atoms with Crippen LogP contribution in [0, 0.1) is 13.8 Å². The Bertz CT molecular complexity index is 1010. The van der Waals surface area contributed by atoms with Crippen LogP contribution >= 0.6 is 11.3 Å². The van der Waals surface area contributed by atoms with Gasteiger partial charge >= 0.3 is 0 Å². The third-order valence-electron chi connectivity index (χ3n) is 5.75. The number of nitrogens with zero attached hydrogens (tertiary/aromatic N) is 4. The van der Waals surface area contributed by atoms with Crippen molar-refractivity contribution in [1.82, 2.24) is 19.8 Å². The van der Waals surface area contributed by atoms with E-state index < -0.39 is 0 Å². The van der Waals surface area contributed by atoms with E-state index in [2.05, 4.69) is 52.1 Å². The van der Waals surface area contributed by atoms with Gasteiger partial charge in [-0.05, 0) is 31.4 Å². The van der Waals surface area contributed by atoms with Crippen molar-refractivity contribution in [2.75, 3.05) is 32.7 Å². The Morgan fingerprint density at radius 2 is 1.79 bits per heavy atom. The summed E-state index contributed by atoms with van der Waals surface area (Å²) in [4.78, 5) is 28.7. The fraction of sp³-hybridized carbons (Fsp3) is 0.435. The van der Waals surface area contributed by atoms with Crippen LogP contribution < -0.4 is 0 Å². The van der Waals surface area contributed by atoms with Gasteiger partial charge in [-0.25, -0.2) is 9.97 Å². The molecule has 3 heterocycles. The van der Waals surface area contributed by atoms with Crippen LogP contribution in [-0.4, -0.2) is 58.4 Å². The maximum Gasteiger partial charge on any atom is 0.264 e. The minimum Gasteiger partial charge on any atom is -0.335 e. The topological polar surface area (TPSA) is 49.3 Å². The molecule has 0 unspecified atom stereocenters. The van der Waals surface area contributed by atoms with Gasteiger partial charge in [0.2, 0.25) is 0 Å². The first-order valence-corrected chi connectivity index (χ1v) is 11.2. The number of amides is 1. The Morgan fingerprint density at radius 1 is 1.07 bits per heavy atom. The average Bonchev–Trinajstić information content (AvgIpc) is 3.09. The van der Waals surface area contributed by atoms with Crippen molar-refractivity contribution in [2.24, 2.45) is 0 Å². The lowest BCUT2D eigenvalue weighted by atomic mass is 10.1. The van der Waals surface area contributed by atoms with Gasteiger partial charge in [0.1, 0.15) is 10.7 Å². The number of hydrogen-bond donors (Lipinski definition) is 0. The molecule has 1 saturated heterocycles. The SMILES string of the molecule is CCc1nc(C)c2c(C)c(C(=O)N3CCN(CCc4ccccc4)CC3)sc2n1. The van der Waals surface area contributed by atoms with E-state index >= 15 is 0 Å². The molecular weight excluding hydrogens is 380 g/mol. The van der Waals surface area contributed by atoms with Crippen molar-refractivity contribution < 1.29 is 4.79 Å². The normalized spacial score (nSPS) is 15.2. The van der Waals surface area contributed by atoms with Crippen LogP contribution in [0.5, 0.6) is 0 Å². The fourth-order valence-corrected chi connectivity index (χ4v) is 5.23. The standard InChI is InChI=1S/C23H28N4OS/c1-4-19-24-17(3)20-16(2)21(29-22(20)25-19)23(28)27-14-12-26(13-15-27)11-10-18-8-6-5-7-9-18/h5-9H,4,10-15H2,1-3H3. The highest BCUT2D eigenvalue weighted by atomic mass is 32.1. The van der Waals surface area contributed by atoms with Gasteiger partial charge in [-0.15, -0.1) is 11.3 Å². The van der Waals surface area contributed by atoms with E-state index in [4.69, 9.17) is 0 Å². The van der Waals surface area contributed by atoms with Gasteiger partial charge in [-0.2, -0.15) is 0 Å². The molecule has 0 N–H and O–H groups in total. The monoisotopic (exact) mass is 408 g/mol. The Morgan fingerprint density at radius 3 is 2.48 bits per heavy atom. The molecule has 4 rings (SSSR count). The minimum absolute atomic E-state index is 0.144. The molecule has 2 aromatic heterocycles. The minimum atomic E-state index is 0.144. The number of fused-ring (bicyclic) bond motifs is 1.